The van der Waals surface area contributed by atoms with Crippen LogP contribution < -0.4 is 15.5 Å². The highest BCUT2D eigenvalue weighted by molar-refractivity contribution is 6.34. The van der Waals surface area contributed by atoms with Crippen molar-refractivity contribution in [3.05, 3.63) is 63.3 Å². The van der Waals surface area contributed by atoms with Crippen molar-refractivity contribution in [1.82, 2.24) is 5.32 Å². The Balaban J connectivity index is 1.94. The number of carboxylic acid groups (broad SMARTS) is 1. The number of nitrogens with one attached hydrogen (secondary N) is 1. The van der Waals surface area contributed by atoms with E-state index in [-0.39, 0.29) is 46.2 Å². The summed E-state index contributed by atoms with van der Waals surface area (Å²) in [7, 11) is 0. The Hall–Kier alpha value is -3.04. The van der Waals surface area contributed by atoms with Crippen molar-refractivity contribution in [3.63, 3.8) is 0 Å². The average Bonchev–Trinajstić information content (AvgIpc) is 2.70. The van der Waals surface area contributed by atoms with E-state index in [9.17, 15) is 22.8 Å². The number of carboxylic acids is 1. The minimum Gasteiger partial charge on any atom is -0.493 e. The molecule has 0 amide bonds. The molecule has 0 fully saturated rings. The molecular formula is C21H17ClF3NO5. The fraction of sp³-hybridized carbons (Fsp3) is 0.238. The summed E-state index contributed by atoms with van der Waals surface area (Å²) >= 11 is 6.11. The molecule has 1 aromatic heterocycles. The molecule has 164 valence electrons. The van der Waals surface area contributed by atoms with Gasteiger partial charge in [0.25, 0.3) is 0 Å². The predicted octanol–water partition coefficient (Wildman–Crippen LogP) is 4.58. The number of fused-ring (bicyclic) bond motifs is 1. The van der Waals surface area contributed by atoms with E-state index in [0.29, 0.717) is 13.0 Å². The third-order valence-electron chi connectivity index (χ3n) is 4.31. The van der Waals surface area contributed by atoms with Gasteiger partial charge in [-0.1, -0.05) is 17.7 Å². The van der Waals surface area contributed by atoms with E-state index in [1.807, 2.05) is 0 Å². The van der Waals surface area contributed by atoms with Gasteiger partial charge in [-0.3, -0.25) is 9.59 Å². The molecule has 10 heteroatoms. The lowest BCUT2D eigenvalue weighted by atomic mass is 10.1. The van der Waals surface area contributed by atoms with E-state index >= 15 is 0 Å². The van der Waals surface area contributed by atoms with Gasteiger partial charge in [-0.2, -0.15) is 13.2 Å². The Labute approximate surface area is 179 Å². The van der Waals surface area contributed by atoms with Crippen LogP contribution in [-0.4, -0.2) is 30.8 Å². The van der Waals surface area contributed by atoms with Crippen LogP contribution in [0.25, 0.3) is 22.3 Å². The number of benzene rings is 2. The number of aliphatic carboxylic acids is 1. The van der Waals surface area contributed by atoms with Crippen molar-refractivity contribution in [2.75, 3.05) is 19.7 Å². The zero-order valence-corrected chi connectivity index (χ0v) is 16.7. The van der Waals surface area contributed by atoms with Crippen molar-refractivity contribution in [2.45, 2.75) is 12.6 Å². The van der Waals surface area contributed by atoms with Crippen LogP contribution in [0.15, 0.2) is 51.7 Å². The van der Waals surface area contributed by atoms with Gasteiger partial charge >= 0.3 is 12.1 Å². The Morgan fingerprint density at radius 1 is 1.19 bits per heavy atom. The number of hydrogen-bond acceptors (Lipinski definition) is 5. The lowest BCUT2D eigenvalue weighted by Gasteiger charge is -2.15. The topological polar surface area (TPSA) is 88.8 Å². The van der Waals surface area contributed by atoms with Crippen LogP contribution in [-0.2, 0) is 11.0 Å². The number of para-hydroxylation sites is 1. The second-order valence-corrected chi connectivity index (χ2v) is 6.98. The quantitative estimate of drug-likeness (QED) is 0.483. The van der Waals surface area contributed by atoms with Crippen LogP contribution >= 0.6 is 11.6 Å². The summed E-state index contributed by atoms with van der Waals surface area (Å²) < 4.78 is 50.8. The molecule has 0 bridgehead atoms. The number of alkyl halides is 3. The maximum absolute atomic E-state index is 13.2. The molecule has 31 heavy (non-hydrogen) atoms. The number of hydrogen-bond donors (Lipinski definition) is 2. The van der Waals surface area contributed by atoms with Gasteiger partial charge in [0.15, 0.2) is 11.0 Å². The van der Waals surface area contributed by atoms with Crippen LogP contribution in [0.1, 0.15) is 12.0 Å². The van der Waals surface area contributed by atoms with Crippen LogP contribution in [0, 0.1) is 0 Å². The Kier molecular flexibility index (Phi) is 6.87. The second kappa shape index (κ2) is 9.40. The first-order chi connectivity index (χ1) is 14.7. The lowest BCUT2D eigenvalue weighted by Crippen LogP contribution is -2.24. The number of ether oxygens (including phenoxy) is 1. The fourth-order valence-corrected chi connectivity index (χ4v) is 3.08. The molecular weight excluding hydrogens is 439 g/mol. The standard InChI is InChI=1S/C21H17ClF3NO5/c22-15-4-1-3-13-16(27)10-18(31-20(13)15)14-6-5-12(21(23,24)25)9-17(14)30-8-2-7-26-11-19(28)29/h1,3-6,9-10,26H,2,7-8,11H2,(H,28,29). The SMILES string of the molecule is O=C(O)CNCCCOc1cc(C(F)(F)F)ccc1-c1cc(=O)c2cccc(Cl)c2o1. The van der Waals surface area contributed by atoms with Crippen molar-refractivity contribution >= 4 is 28.5 Å². The summed E-state index contributed by atoms with van der Waals surface area (Å²) in [6.45, 7) is 0.0680. The Morgan fingerprint density at radius 2 is 1.97 bits per heavy atom. The molecule has 0 aliphatic carbocycles. The van der Waals surface area contributed by atoms with Gasteiger partial charge in [-0.25, -0.2) is 0 Å². The van der Waals surface area contributed by atoms with Crippen LogP contribution in [0.5, 0.6) is 5.75 Å². The average molecular weight is 456 g/mol. The first kappa shape index (κ1) is 22.6. The van der Waals surface area contributed by atoms with E-state index in [0.717, 1.165) is 12.1 Å². The van der Waals surface area contributed by atoms with Gasteiger partial charge in [0.1, 0.15) is 11.5 Å². The summed E-state index contributed by atoms with van der Waals surface area (Å²) in [5, 5.41) is 11.7. The summed E-state index contributed by atoms with van der Waals surface area (Å²) in [5.74, 6) is -1.13. The third-order valence-corrected chi connectivity index (χ3v) is 4.61. The lowest BCUT2D eigenvalue weighted by molar-refractivity contribution is -0.138. The van der Waals surface area contributed by atoms with Gasteiger partial charge < -0.3 is 19.6 Å². The molecule has 0 atom stereocenters. The molecule has 3 aromatic rings. The number of halogens is 4. The molecule has 0 saturated carbocycles. The maximum Gasteiger partial charge on any atom is 0.416 e. The monoisotopic (exact) mass is 455 g/mol. The van der Waals surface area contributed by atoms with E-state index in [1.54, 1.807) is 6.07 Å². The first-order valence-corrected chi connectivity index (χ1v) is 9.54. The maximum atomic E-state index is 13.2. The summed E-state index contributed by atoms with van der Waals surface area (Å²) in [6, 6.07) is 8.69. The first-order valence-electron chi connectivity index (χ1n) is 9.16. The van der Waals surface area contributed by atoms with E-state index < -0.39 is 23.1 Å². The van der Waals surface area contributed by atoms with Crippen molar-refractivity contribution in [1.29, 1.82) is 0 Å². The van der Waals surface area contributed by atoms with Gasteiger partial charge in [0.2, 0.25) is 0 Å². The van der Waals surface area contributed by atoms with Gasteiger partial charge in [0.05, 0.1) is 34.7 Å². The Bertz CT molecular complexity index is 1160. The van der Waals surface area contributed by atoms with Gasteiger partial charge in [-0.15, -0.1) is 0 Å². The highest BCUT2D eigenvalue weighted by Crippen LogP contribution is 2.38. The second-order valence-electron chi connectivity index (χ2n) is 6.57. The molecule has 0 radical (unpaired) electrons. The minimum atomic E-state index is -4.59. The number of rotatable bonds is 8. The molecule has 1 heterocycles. The molecule has 0 aliphatic rings. The highest BCUT2D eigenvalue weighted by Gasteiger charge is 2.31. The van der Waals surface area contributed by atoms with E-state index in [1.165, 1.54) is 24.3 Å². The third kappa shape index (κ3) is 5.56. The zero-order valence-electron chi connectivity index (χ0n) is 16.0. The molecule has 0 spiro atoms. The van der Waals surface area contributed by atoms with Crippen molar-refractivity contribution in [3.8, 4) is 17.1 Å². The van der Waals surface area contributed by atoms with E-state index in [2.05, 4.69) is 5.32 Å². The van der Waals surface area contributed by atoms with Crippen LogP contribution in [0.4, 0.5) is 13.2 Å². The molecule has 3 rings (SSSR count). The molecule has 6 nitrogen and oxygen atoms in total. The van der Waals surface area contributed by atoms with Crippen molar-refractivity contribution < 1.29 is 32.2 Å². The summed E-state index contributed by atoms with van der Waals surface area (Å²) in [6.07, 6.45) is -4.25. The molecule has 0 unspecified atom stereocenters. The predicted molar refractivity (Wildman–Crippen MR) is 109 cm³/mol. The number of carbonyl (C=O) groups is 1. The van der Waals surface area contributed by atoms with Crippen LogP contribution in [0.2, 0.25) is 5.02 Å². The molecule has 2 N–H and O–H groups in total. The normalized spacial score (nSPS) is 11.6. The molecule has 2 aromatic carbocycles. The van der Waals surface area contributed by atoms with Crippen molar-refractivity contribution in [2.24, 2.45) is 0 Å². The van der Waals surface area contributed by atoms with Gasteiger partial charge in [0, 0.05) is 6.07 Å². The minimum absolute atomic E-state index is 0.0123. The zero-order chi connectivity index (χ0) is 22.6. The highest BCUT2D eigenvalue weighted by atomic mass is 35.5. The van der Waals surface area contributed by atoms with Gasteiger partial charge in [-0.05, 0) is 43.3 Å². The fourth-order valence-electron chi connectivity index (χ4n) is 2.87. The van der Waals surface area contributed by atoms with Crippen LogP contribution in [0.3, 0.4) is 0 Å². The Morgan fingerprint density at radius 3 is 2.68 bits per heavy atom. The summed E-state index contributed by atoms with van der Waals surface area (Å²) in [4.78, 5) is 22.9. The molecule has 0 aliphatic heterocycles. The summed E-state index contributed by atoms with van der Waals surface area (Å²) in [5.41, 5.74) is -1.04. The van der Waals surface area contributed by atoms with E-state index in [4.69, 9.17) is 25.9 Å². The largest absolute Gasteiger partial charge is 0.493 e. The molecule has 0 saturated heterocycles. The smallest absolute Gasteiger partial charge is 0.416 e.